The van der Waals surface area contributed by atoms with Crippen LogP contribution in [0.5, 0.6) is 11.6 Å². The number of rotatable bonds is 14. The Morgan fingerprint density at radius 1 is 1.02 bits per heavy atom. The minimum Gasteiger partial charge on any atom is -0.487 e. The summed E-state index contributed by atoms with van der Waals surface area (Å²) in [6.07, 6.45) is 13.9. The molecule has 4 heterocycles. The summed E-state index contributed by atoms with van der Waals surface area (Å²) >= 11 is 6.47. The van der Waals surface area contributed by atoms with Gasteiger partial charge in [0.25, 0.3) is 5.88 Å². The second kappa shape index (κ2) is 15.9. The van der Waals surface area contributed by atoms with Crippen molar-refractivity contribution in [2.75, 3.05) is 45.3 Å². The zero-order valence-corrected chi connectivity index (χ0v) is 28.1. The van der Waals surface area contributed by atoms with Crippen LogP contribution in [-0.2, 0) is 16.0 Å². The van der Waals surface area contributed by atoms with Gasteiger partial charge in [0.15, 0.2) is 0 Å². The van der Waals surface area contributed by atoms with Crippen molar-refractivity contribution in [1.82, 2.24) is 39.4 Å². The number of benzene rings is 1. The van der Waals surface area contributed by atoms with Gasteiger partial charge in [-0.3, -0.25) is 9.58 Å². The molecule has 4 aromatic rings. The molecule has 1 saturated carbocycles. The fourth-order valence-electron chi connectivity index (χ4n) is 6.10. The molecule has 2 aliphatic rings. The summed E-state index contributed by atoms with van der Waals surface area (Å²) < 4.78 is 27.0. The largest absolute Gasteiger partial charge is 0.487 e. The van der Waals surface area contributed by atoms with Gasteiger partial charge < -0.3 is 24.3 Å². The molecule has 1 saturated heterocycles. The van der Waals surface area contributed by atoms with E-state index >= 15 is 0 Å². The highest BCUT2D eigenvalue weighted by Crippen LogP contribution is 2.35. The lowest BCUT2D eigenvalue weighted by Crippen LogP contribution is -2.45. The van der Waals surface area contributed by atoms with Crippen molar-refractivity contribution in [2.24, 2.45) is 0 Å². The standard InChI is InChI=1S/C33H44ClN9O4/c1-23(44-3)10-13-46-32-30(20-43(40-32)28-7-5-27(6-8-28)41-11-14-45-15-12-41)39-33-36-17-26(18-37-33)25-4-9-29(34)31(16-25)47-24(2)19-42-22-35-21-38-42/h4,9,16-18,20-24,27-28H,5-8,10-15,19H2,1-3H3,(H,36,37,39)/t23-,24-,27?,28?/m0/s1. The molecule has 14 heteroatoms. The van der Waals surface area contributed by atoms with Crippen LogP contribution in [-0.4, -0.2) is 97.7 Å². The van der Waals surface area contributed by atoms with Gasteiger partial charge in [0.2, 0.25) is 5.95 Å². The van der Waals surface area contributed by atoms with Crippen LogP contribution in [0.25, 0.3) is 11.1 Å². The first-order valence-corrected chi connectivity index (χ1v) is 16.8. The highest BCUT2D eigenvalue weighted by atomic mass is 35.5. The summed E-state index contributed by atoms with van der Waals surface area (Å²) in [4.78, 5) is 15.8. The van der Waals surface area contributed by atoms with E-state index in [2.05, 4.69) is 34.9 Å². The van der Waals surface area contributed by atoms with E-state index in [1.165, 1.54) is 6.33 Å². The third-order valence-electron chi connectivity index (χ3n) is 8.87. The number of nitrogens with zero attached hydrogens (tertiary/aromatic N) is 8. The quantitative estimate of drug-likeness (QED) is 0.186. The summed E-state index contributed by atoms with van der Waals surface area (Å²) in [5, 5.41) is 12.9. The number of methoxy groups -OCH3 is 1. The molecule has 1 aromatic carbocycles. The topological polar surface area (TPSA) is 127 Å². The van der Waals surface area contributed by atoms with Crippen LogP contribution in [0.1, 0.15) is 52.0 Å². The zero-order valence-electron chi connectivity index (χ0n) is 27.3. The van der Waals surface area contributed by atoms with Gasteiger partial charge in [0.05, 0.1) is 49.7 Å². The van der Waals surface area contributed by atoms with Gasteiger partial charge >= 0.3 is 0 Å². The maximum absolute atomic E-state index is 6.47. The Balaban J connectivity index is 1.12. The Morgan fingerprint density at radius 2 is 1.79 bits per heavy atom. The van der Waals surface area contributed by atoms with Gasteiger partial charge in [0.1, 0.15) is 30.2 Å². The molecule has 252 valence electrons. The third-order valence-corrected chi connectivity index (χ3v) is 9.18. The molecule has 0 spiro atoms. The van der Waals surface area contributed by atoms with E-state index in [0.717, 1.165) is 75.2 Å². The van der Waals surface area contributed by atoms with Gasteiger partial charge in [-0.25, -0.2) is 19.6 Å². The Hall–Kier alpha value is -3.78. The minimum atomic E-state index is -0.165. The summed E-state index contributed by atoms with van der Waals surface area (Å²) in [6, 6.07) is 6.57. The number of aromatic nitrogens is 7. The van der Waals surface area contributed by atoms with Gasteiger partial charge in [-0.05, 0) is 57.2 Å². The summed E-state index contributed by atoms with van der Waals surface area (Å²) in [7, 11) is 1.71. The third kappa shape index (κ3) is 8.78. The van der Waals surface area contributed by atoms with Crippen molar-refractivity contribution >= 4 is 23.2 Å². The molecule has 3 aromatic heterocycles. The van der Waals surface area contributed by atoms with Crippen molar-refractivity contribution in [3.8, 4) is 22.8 Å². The van der Waals surface area contributed by atoms with Gasteiger partial charge in [-0.2, -0.15) is 5.10 Å². The molecule has 0 bridgehead atoms. The van der Waals surface area contributed by atoms with E-state index in [0.29, 0.717) is 47.8 Å². The monoisotopic (exact) mass is 665 g/mol. The average molecular weight is 666 g/mol. The Morgan fingerprint density at radius 3 is 2.51 bits per heavy atom. The second-order valence-corrected chi connectivity index (χ2v) is 12.6. The van der Waals surface area contributed by atoms with E-state index in [4.69, 9.17) is 35.6 Å². The maximum atomic E-state index is 6.47. The average Bonchev–Trinajstić information content (AvgIpc) is 3.76. The summed E-state index contributed by atoms with van der Waals surface area (Å²) in [5.41, 5.74) is 2.46. The Labute approximate surface area is 280 Å². The van der Waals surface area contributed by atoms with Crippen molar-refractivity contribution < 1.29 is 18.9 Å². The van der Waals surface area contributed by atoms with Crippen LogP contribution in [0.15, 0.2) is 49.4 Å². The Kier molecular flexibility index (Phi) is 11.2. The van der Waals surface area contributed by atoms with Crippen LogP contribution >= 0.6 is 11.6 Å². The normalized spacial score (nSPS) is 20.1. The first-order chi connectivity index (χ1) is 22.9. The fourth-order valence-corrected chi connectivity index (χ4v) is 6.27. The predicted molar refractivity (Wildman–Crippen MR) is 178 cm³/mol. The number of morpholine rings is 1. The maximum Gasteiger partial charge on any atom is 0.256 e. The van der Waals surface area contributed by atoms with E-state index in [-0.39, 0.29) is 12.2 Å². The van der Waals surface area contributed by atoms with E-state index < -0.39 is 0 Å². The molecule has 47 heavy (non-hydrogen) atoms. The highest BCUT2D eigenvalue weighted by molar-refractivity contribution is 6.32. The first kappa shape index (κ1) is 33.1. The lowest BCUT2D eigenvalue weighted by Gasteiger charge is -2.38. The summed E-state index contributed by atoms with van der Waals surface area (Å²) in [5.74, 6) is 1.57. The fraction of sp³-hybridized carbons (Fsp3) is 0.545. The molecular formula is C33H44ClN9O4. The molecule has 1 aliphatic carbocycles. The molecule has 0 amide bonds. The minimum absolute atomic E-state index is 0.0931. The van der Waals surface area contributed by atoms with Crippen molar-refractivity contribution in [3.63, 3.8) is 0 Å². The van der Waals surface area contributed by atoms with Gasteiger partial charge in [-0.1, -0.05) is 17.7 Å². The first-order valence-electron chi connectivity index (χ1n) is 16.4. The molecule has 2 fully saturated rings. The van der Waals surface area contributed by atoms with E-state index in [1.54, 1.807) is 30.5 Å². The highest BCUT2D eigenvalue weighted by Gasteiger charge is 2.29. The van der Waals surface area contributed by atoms with Crippen molar-refractivity contribution in [1.29, 1.82) is 0 Å². The Bertz CT molecular complexity index is 1540. The van der Waals surface area contributed by atoms with Crippen LogP contribution < -0.4 is 14.8 Å². The molecule has 1 aliphatic heterocycles. The lowest BCUT2D eigenvalue weighted by atomic mass is 9.90. The zero-order chi connectivity index (χ0) is 32.6. The van der Waals surface area contributed by atoms with Crippen LogP contribution in [0, 0.1) is 0 Å². The lowest BCUT2D eigenvalue weighted by molar-refractivity contribution is 0.00502. The van der Waals surface area contributed by atoms with Gasteiger partial charge in [-0.15, -0.1) is 5.10 Å². The second-order valence-electron chi connectivity index (χ2n) is 12.2. The van der Waals surface area contributed by atoms with Crippen LogP contribution in [0.3, 0.4) is 0 Å². The van der Waals surface area contributed by atoms with Gasteiger partial charge in [0, 0.05) is 50.6 Å². The number of hydrogen-bond acceptors (Lipinski definition) is 11. The smallest absolute Gasteiger partial charge is 0.256 e. The predicted octanol–water partition coefficient (Wildman–Crippen LogP) is 5.42. The number of nitrogens with one attached hydrogen (secondary N) is 1. The summed E-state index contributed by atoms with van der Waals surface area (Å²) in [6.45, 7) is 8.74. The number of anilines is 2. The van der Waals surface area contributed by atoms with Crippen molar-refractivity contribution in [2.45, 2.75) is 76.8 Å². The number of ether oxygens (including phenoxy) is 4. The molecular weight excluding hydrogens is 622 g/mol. The number of hydrogen-bond donors (Lipinski definition) is 1. The molecule has 13 nitrogen and oxygen atoms in total. The molecule has 0 unspecified atom stereocenters. The molecule has 1 N–H and O–H groups in total. The molecule has 0 radical (unpaired) electrons. The SMILES string of the molecule is CO[C@@H](C)CCOc1nn(C2CCC(N3CCOCC3)CC2)cc1Nc1ncc(-c2ccc(Cl)c(O[C@@H](C)Cn3cncn3)c2)cn1. The number of halogens is 1. The van der Waals surface area contributed by atoms with Crippen molar-refractivity contribution in [3.05, 3.63) is 54.5 Å². The van der Waals surface area contributed by atoms with Crippen LogP contribution in [0.4, 0.5) is 11.6 Å². The van der Waals surface area contributed by atoms with E-state index in [9.17, 15) is 0 Å². The molecule has 6 rings (SSSR count). The molecule has 2 atom stereocenters. The van der Waals surface area contributed by atoms with Crippen LogP contribution in [0.2, 0.25) is 5.02 Å². The van der Waals surface area contributed by atoms with E-state index in [1.807, 2.05) is 38.2 Å².